The van der Waals surface area contributed by atoms with Crippen LogP contribution in [0.4, 0.5) is 4.39 Å². The van der Waals surface area contributed by atoms with Crippen LogP contribution >= 0.6 is 11.6 Å². The maximum atomic E-state index is 14.0. The first kappa shape index (κ1) is 9.01. The topological polar surface area (TPSA) is 0 Å². The summed E-state index contributed by atoms with van der Waals surface area (Å²) in [4.78, 5) is 0. The summed E-state index contributed by atoms with van der Waals surface area (Å²) in [6.07, 6.45) is 2.50. The largest absolute Gasteiger partial charge is 0.239 e. The molecule has 0 saturated carbocycles. The summed E-state index contributed by atoms with van der Waals surface area (Å²) in [5.41, 5.74) is 0.741. The summed E-state index contributed by atoms with van der Waals surface area (Å²) in [6, 6.07) is 5.47. The number of halogens is 2. The molecule has 0 radical (unpaired) electrons. The normalized spacial score (nSPS) is 27.0. The summed E-state index contributed by atoms with van der Waals surface area (Å²) < 4.78 is 14.0. The van der Waals surface area contributed by atoms with Crippen molar-refractivity contribution in [3.05, 3.63) is 34.3 Å². The maximum absolute atomic E-state index is 14.0. The number of hydrogen-bond acceptors (Lipinski definition) is 0. The molecule has 70 valence electrons. The highest BCUT2D eigenvalue weighted by Gasteiger charge is 2.31. The van der Waals surface area contributed by atoms with E-state index in [-0.39, 0.29) is 0 Å². The lowest BCUT2D eigenvalue weighted by Gasteiger charge is -2.28. The van der Waals surface area contributed by atoms with E-state index in [1.165, 1.54) is 0 Å². The van der Waals surface area contributed by atoms with Crippen molar-refractivity contribution in [1.82, 2.24) is 0 Å². The Kier molecular flexibility index (Phi) is 2.07. The molecule has 2 rings (SSSR count). The zero-order chi connectivity index (χ0) is 9.47. The summed E-state index contributed by atoms with van der Waals surface area (Å²) in [7, 11) is 0. The molecule has 1 aliphatic carbocycles. The molecule has 0 fully saturated rings. The van der Waals surface area contributed by atoms with Gasteiger partial charge >= 0.3 is 0 Å². The molecule has 2 heteroatoms. The van der Waals surface area contributed by atoms with E-state index in [1.54, 1.807) is 13.0 Å². The van der Waals surface area contributed by atoms with Gasteiger partial charge in [-0.15, -0.1) is 0 Å². The average molecular weight is 199 g/mol. The predicted molar refractivity (Wildman–Crippen MR) is 52.9 cm³/mol. The Morgan fingerprint density at radius 2 is 2.23 bits per heavy atom. The van der Waals surface area contributed by atoms with Gasteiger partial charge in [0.2, 0.25) is 0 Å². The second-order valence-corrected chi connectivity index (χ2v) is 4.29. The molecule has 0 nitrogen and oxygen atoms in total. The van der Waals surface area contributed by atoms with Gasteiger partial charge < -0.3 is 0 Å². The van der Waals surface area contributed by atoms with Crippen LogP contribution in [0.1, 0.15) is 30.9 Å². The minimum absolute atomic E-state index is 0.627. The van der Waals surface area contributed by atoms with E-state index in [0.717, 1.165) is 24.0 Å². The van der Waals surface area contributed by atoms with Gasteiger partial charge in [0.25, 0.3) is 0 Å². The van der Waals surface area contributed by atoms with Gasteiger partial charge in [0.15, 0.2) is 0 Å². The second-order valence-electron chi connectivity index (χ2n) is 3.85. The van der Waals surface area contributed by atoms with Gasteiger partial charge in [-0.2, -0.15) is 0 Å². The standard InChI is InChI=1S/C11H12ClF/c1-11(13)6-2-3-8-7-9(12)4-5-10(8)11/h4-5,7H,2-3,6H2,1H3. The first-order chi connectivity index (χ1) is 6.09. The summed E-state index contributed by atoms with van der Waals surface area (Å²) in [6.45, 7) is 1.65. The quantitative estimate of drug-likeness (QED) is 0.594. The van der Waals surface area contributed by atoms with E-state index >= 15 is 0 Å². The first-order valence-corrected chi connectivity index (χ1v) is 4.95. The Morgan fingerprint density at radius 3 is 3.00 bits per heavy atom. The van der Waals surface area contributed by atoms with Crippen molar-refractivity contribution in [2.75, 3.05) is 0 Å². The Balaban J connectivity index is 2.53. The summed E-state index contributed by atoms with van der Waals surface area (Å²) >= 11 is 5.85. The van der Waals surface area contributed by atoms with Gasteiger partial charge in [0.1, 0.15) is 5.67 Å². The molecule has 0 aromatic heterocycles. The number of fused-ring (bicyclic) bond motifs is 1. The number of hydrogen-bond donors (Lipinski definition) is 0. The van der Waals surface area contributed by atoms with Crippen LogP contribution in [-0.4, -0.2) is 0 Å². The molecule has 0 bridgehead atoms. The molecule has 0 amide bonds. The van der Waals surface area contributed by atoms with E-state index in [4.69, 9.17) is 11.6 Å². The summed E-state index contributed by atoms with van der Waals surface area (Å²) in [5, 5.41) is 0.705. The monoisotopic (exact) mass is 198 g/mol. The highest BCUT2D eigenvalue weighted by Crippen LogP contribution is 2.38. The van der Waals surface area contributed by atoms with Gasteiger partial charge in [0.05, 0.1) is 0 Å². The molecule has 0 heterocycles. The lowest BCUT2D eigenvalue weighted by molar-refractivity contribution is 0.162. The molecule has 1 atom stereocenters. The Labute approximate surface area is 82.7 Å². The predicted octanol–water partition coefficient (Wildman–Crippen LogP) is 3.86. The van der Waals surface area contributed by atoms with E-state index in [2.05, 4.69) is 0 Å². The van der Waals surface area contributed by atoms with Crippen molar-refractivity contribution in [2.24, 2.45) is 0 Å². The minimum atomic E-state index is -1.15. The first-order valence-electron chi connectivity index (χ1n) is 4.57. The van der Waals surface area contributed by atoms with E-state index in [0.29, 0.717) is 11.4 Å². The third-order valence-corrected chi connectivity index (χ3v) is 2.96. The number of aryl methyl sites for hydroxylation is 1. The maximum Gasteiger partial charge on any atom is 0.133 e. The smallest absolute Gasteiger partial charge is 0.133 e. The Hall–Kier alpha value is -0.560. The van der Waals surface area contributed by atoms with E-state index in [9.17, 15) is 4.39 Å². The molecule has 1 aliphatic rings. The minimum Gasteiger partial charge on any atom is -0.239 e. The third kappa shape index (κ3) is 1.58. The molecule has 1 aromatic carbocycles. The van der Waals surface area contributed by atoms with E-state index < -0.39 is 5.67 Å². The van der Waals surface area contributed by atoms with Crippen LogP contribution < -0.4 is 0 Å². The van der Waals surface area contributed by atoms with Gasteiger partial charge in [-0.3, -0.25) is 0 Å². The van der Waals surface area contributed by atoms with Crippen LogP contribution in [-0.2, 0) is 12.1 Å². The van der Waals surface area contributed by atoms with Gasteiger partial charge in [0, 0.05) is 5.02 Å². The van der Waals surface area contributed by atoms with Gasteiger partial charge in [-0.05, 0) is 49.4 Å². The molecular weight excluding hydrogens is 187 g/mol. The number of alkyl halides is 1. The SMILES string of the molecule is CC1(F)CCCc2cc(Cl)ccc21. The third-order valence-electron chi connectivity index (χ3n) is 2.72. The van der Waals surface area contributed by atoms with Crippen molar-refractivity contribution in [3.8, 4) is 0 Å². The van der Waals surface area contributed by atoms with E-state index in [1.807, 2.05) is 12.1 Å². The Morgan fingerprint density at radius 1 is 1.46 bits per heavy atom. The van der Waals surface area contributed by atoms with Crippen LogP contribution in [0.25, 0.3) is 0 Å². The van der Waals surface area contributed by atoms with Crippen molar-refractivity contribution >= 4 is 11.6 Å². The number of rotatable bonds is 0. The van der Waals surface area contributed by atoms with Gasteiger partial charge in [-0.1, -0.05) is 17.7 Å². The molecule has 13 heavy (non-hydrogen) atoms. The Bertz CT molecular complexity index is 331. The van der Waals surface area contributed by atoms with Crippen molar-refractivity contribution in [2.45, 2.75) is 31.9 Å². The average Bonchev–Trinajstić information content (AvgIpc) is 2.02. The molecule has 0 aliphatic heterocycles. The highest BCUT2D eigenvalue weighted by atomic mass is 35.5. The van der Waals surface area contributed by atoms with Crippen molar-refractivity contribution in [1.29, 1.82) is 0 Å². The molecule has 0 N–H and O–H groups in total. The number of benzene rings is 1. The lowest BCUT2D eigenvalue weighted by Crippen LogP contribution is -2.22. The fraction of sp³-hybridized carbons (Fsp3) is 0.455. The van der Waals surface area contributed by atoms with Crippen LogP contribution in [0.15, 0.2) is 18.2 Å². The fourth-order valence-corrected chi connectivity index (χ4v) is 2.22. The van der Waals surface area contributed by atoms with Crippen LogP contribution in [0, 0.1) is 0 Å². The molecular formula is C11H12ClF. The zero-order valence-electron chi connectivity index (χ0n) is 7.61. The highest BCUT2D eigenvalue weighted by molar-refractivity contribution is 6.30. The van der Waals surface area contributed by atoms with Crippen LogP contribution in [0.3, 0.4) is 0 Å². The van der Waals surface area contributed by atoms with Crippen molar-refractivity contribution < 1.29 is 4.39 Å². The fourth-order valence-electron chi connectivity index (χ4n) is 2.02. The van der Waals surface area contributed by atoms with Crippen LogP contribution in [0.5, 0.6) is 0 Å². The van der Waals surface area contributed by atoms with Gasteiger partial charge in [-0.25, -0.2) is 4.39 Å². The molecule has 1 aromatic rings. The molecule has 1 unspecified atom stereocenters. The molecule has 0 spiro atoms. The zero-order valence-corrected chi connectivity index (χ0v) is 8.37. The van der Waals surface area contributed by atoms with Crippen LogP contribution in [0.2, 0.25) is 5.02 Å². The lowest BCUT2D eigenvalue weighted by atomic mass is 9.82. The second kappa shape index (κ2) is 2.98. The summed E-state index contributed by atoms with van der Waals surface area (Å²) in [5.74, 6) is 0. The molecule has 0 saturated heterocycles. The van der Waals surface area contributed by atoms with Crippen molar-refractivity contribution in [3.63, 3.8) is 0 Å².